The van der Waals surface area contributed by atoms with E-state index >= 15 is 0 Å². The number of nitrogens with zero attached hydrogens (tertiary/aromatic N) is 1. The van der Waals surface area contributed by atoms with Crippen LogP contribution in [-0.2, 0) is 16.6 Å². The molecule has 0 saturated carbocycles. The van der Waals surface area contributed by atoms with E-state index in [-0.39, 0.29) is 16.2 Å². The Kier molecular flexibility index (Phi) is 4.15. The van der Waals surface area contributed by atoms with Crippen LogP contribution in [-0.4, -0.2) is 13.0 Å². The summed E-state index contributed by atoms with van der Waals surface area (Å²) in [6.45, 7) is 3.92. The number of oxazole rings is 1. The molecule has 3 aromatic rings. The van der Waals surface area contributed by atoms with Gasteiger partial charge in [0.05, 0.1) is 21.1 Å². The van der Waals surface area contributed by atoms with E-state index in [9.17, 15) is 13.2 Å². The Morgan fingerprint density at radius 3 is 2.62 bits per heavy atom. The summed E-state index contributed by atoms with van der Waals surface area (Å²) in [6.07, 6.45) is 0. The van der Waals surface area contributed by atoms with Crippen molar-refractivity contribution >= 4 is 38.4 Å². The van der Waals surface area contributed by atoms with E-state index in [1.165, 1.54) is 10.6 Å². The molecule has 1 N–H and O–H groups in total. The monoisotopic (exact) mass is 366 g/mol. The second-order valence-electron chi connectivity index (χ2n) is 5.28. The first-order valence-electron chi connectivity index (χ1n) is 7.25. The van der Waals surface area contributed by atoms with Crippen molar-refractivity contribution in [3.05, 3.63) is 57.5 Å². The van der Waals surface area contributed by atoms with Gasteiger partial charge in [0.25, 0.3) is 10.0 Å². The third-order valence-electron chi connectivity index (χ3n) is 3.69. The van der Waals surface area contributed by atoms with Crippen LogP contribution in [0.3, 0.4) is 0 Å². The molecule has 0 fully saturated rings. The molecule has 0 spiro atoms. The number of halogens is 1. The van der Waals surface area contributed by atoms with Gasteiger partial charge in [0.2, 0.25) is 0 Å². The van der Waals surface area contributed by atoms with E-state index < -0.39 is 15.8 Å². The molecule has 0 atom stereocenters. The Hall–Kier alpha value is -2.25. The van der Waals surface area contributed by atoms with Gasteiger partial charge in [-0.3, -0.25) is 9.29 Å². The third kappa shape index (κ3) is 2.81. The molecular formula is C16H15ClN2O4S. The lowest BCUT2D eigenvalue weighted by atomic mass is 10.2. The predicted molar refractivity (Wildman–Crippen MR) is 93.1 cm³/mol. The maximum absolute atomic E-state index is 12.7. The molecule has 2 aromatic carbocycles. The van der Waals surface area contributed by atoms with Gasteiger partial charge in [0, 0.05) is 12.6 Å². The Morgan fingerprint density at radius 1 is 1.25 bits per heavy atom. The van der Waals surface area contributed by atoms with Crippen molar-refractivity contribution in [1.29, 1.82) is 0 Å². The summed E-state index contributed by atoms with van der Waals surface area (Å²) < 4.78 is 34.4. The molecule has 0 radical (unpaired) electrons. The predicted octanol–water partition coefficient (Wildman–Crippen LogP) is 3.38. The highest BCUT2D eigenvalue weighted by Gasteiger charge is 2.21. The Balaban J connectivity index is 2.13. The van der Waals surface area contributed by atoms with Gasteiger partial charge in [-0.25, -0.2) is 13.2 Å². The summed E-state index contributed by atoms with van der Waals surface area (Å²) in [5.74, 6) is -0.513. The van der Waals surface area contributed by atoms with Crippen LogP contribution in [0.25, 0.3) is 11.1 Å². The number of anilines is 1. The first kappa shape index (κ1) is 16.6. The van der Waals surface area contributed by atoms with Gasteiger partial charge >= 0.3 is 5.76 Å². The number of aromatic nitrogens is 1. The van der Waals surface area contributed by atoms with Crippen molar-refractivity contribution in [2.24, 2.45) is 0 Å². The molecule has 0 aliphatic carbocycles. The fraction of sp³-hybridized carbons (Fsp3) is 0.188. The van der Waals surface area contributed by atoms with Gasteiger partial charge in [-0.1, -0.05) is 23.7 Å². The largest absolute Gasteiger partial charge is 0.419 e. The fourth-order valence-electron chi connectivity index (χ4n) is 2.53. The van der Waals surface area contributed by atoms with Crippen molar-refractivity contribution in [2.75, 3.05) is 4.72 Å². The zero-order chi connectivity index (χ0) is 17.5. The molecule has 0 saturated heterocycles. The van der Waals surface area contributed by atoms with Crippen LogP contribution in [0.4, 0.5) is 5.69 Å². The van der Waals surface area contributed by atoms with Gasteiger partial charge in [0.15, 0.2) is 5.58 Å². The van der Waals surface area contributed by atoms with Gasteiger partial charge in [-0.2, -0.15) is 0 Å². The van der Waals surface area contributed by atoms with Gasteiger partial charge in [-0.05, 0) is 37.6 Å². The van der Waals surface area contributed by atoms with Crippen LogP contribution >= 0.6 is 11.6 Å². The van der Waals surface area contributed by atoms with E-state index in [1.54, 1.807) is 37.3 Å². The quantitative estimate of drug-likeness (QED) is 0.767. The molecule has 24 heavy (non-hydrogen) atoms. The molecule has 0 aliphatic rings. The lowest BCUT2D eigenvalue weighted by Crippen LogP contribution is -2.15. The molecule has 1 aromatic heterocycles. The van der Waals surface area contributed by atoms with Crippen molar-refractivity contribution in [2.45, 2.75) is 25.3 Å². The number of para-hydroxylation sites is 1. The summed E-state index contributed by atoms with van der Waals surface area (Å²) in [5.41, 5.74) is 1.58. The minimum Gasteiger partial charge on any atom is -0.408 e. The summed E-state index contributed by atoms with van der Waals surface area (Å²) in [6, 6.07) is 9.54. The number of hydrogen-bond acceptors (Lipinski definition) is 4. The fourth-order valence-corrected chi connectivity index (χ4v) is 4.09. The molecule has 0 unspecified atom stereocenters. The SMILES string of the molecule is CCn1c(=O)oc2cc(S(=O)(=O)Nc3ccccc3Cl)c(C)cc21. The molecule has 0 bridgehead atoms. The molecule has 126 valence electrons. The maximum Gasteiger partial charge on any atom is 0.419 e. The molecule has 1 heterocycles. The number of rotatable bonds is 4. The van der Waals surface area contributed by atoms with Crippen molar-refractivity contribution in [1.82, 2.24) is 4.57 Å². The van der Waals surface area contributed by atoms with Crippen LogP contribution in [0.2, 0.25) is 5.02 Å². The number of nitrogens with one attached hydrogen (secondary N) is 1. The standard InChI is InChI=1S/C16H15ClN2O4S/c1-3-19-13-8-10(2)15(9-14(13)23-16(19)20)24(21,22)18-12-7-5-4-6-11(12)17/h4-9,18H,3H2,1-2H3. The first-order valence-corrected chi connectivity index (χ1v) is 9.11. The normalized spacial score (nSPS) is 11.8. The smallest absolute Gasteiger partial charge is 0.408 e. The van der Waals surface area contributed by atoms with E-state index in [1.807, 2.05) is 6.92 Å². The third-order valence-corrected chi connectivity index (χ3v) is 5.53. The van der Waals surface area contributed by atoms with Gasteiger partial charge in [-0.15, -0.1) is 0 Å². The van der Waals surface area contributed by atoms with Crippen LogP contribution < -0.4 is 10.5 Å². The molecule has 3 rings (SSSR count). The van der Waals surface area contributed by atoms with Crippen LogP contribution in [0.1, 0.15) is 12.5 Å². The van der Waals surface area contributed by atoms with E-state index in [4.69, 9.17) is 16.0 Å². The Labute approximate surface area is 143 Å². The minimum absolute atomic E-state index is 0.0342. The van der Waals surface area contributed by atoms with E-state index in [2.05, 4.69) is 4.72 Å². The van der Waals surface area contributed by atoms with Crippen LogP contribution in [0, 0.1) is 6.92 Å². The summed E-state index contributed by atoms with van der Waals surface area (Å²) in [4.78, 5) is 11.8. The Morgan fingerprint density at radius 2 is 1.96 bits per heavy atom. The van der Waals surface area contributed by atoms with Gasteiger partial charge < -0.3 is 4.42 Å². The summed E-state index contributed by atoms with van der Waals surface area (Å²) in [7, 11) is -3.87. The van der Waals surface area contributed by atoms with Crippen molar-refractivity contribution in [3.63, 3.8) is 0 Å². The zero-order valence-corrected chi connectivity index (χ0v) is 14.6. The topological polar surface area (TPSA) is 81.3 Å². The lowest BCUT2D eigenvalue weighted by molar-refractivity contribution is 0.512. The van der Waals surface area contributed by atoms with Crippen LogP contribution in [0.5, 0.6) is 0 Å². The first-order chi connectivity index (χ1) is 11.3. The average molecular weight is 367 g/mol. The molecule has 0 amide bonds. The van der Waals surface area contributed by atoms with Crippen molar-refractivity contribution < 1.29 is 12.8 Å². The molecule has 8 heteroatoms. The maximum atomic E-state index is 12.7. The zero-order valence-electron chi connectivity index (χ0n) is 13.0. The van der Waals surface area contributed by atoms with Gasteiger partial charge in [0.1, 0.15) is 0 Å². The lowest BCUT2D eigenvalue weighted by Gasteiger charge is -2.11. The second-order valence-corrected chi connectivity index (χ2v) is 7.34. The highest BCUT2D eigenvalue weighted by atomic mass is 35.5. The summed E-state index contributed by atoms with van der Waals surface area (Å²) in [5, 5.41) is 0.295. The van der Waals surface area contributed by atoms with E-state index in [0.29, 0.717) is 22.6 Å². The highest BCUT2D eigenvalue weighted by molar-refractivity contribution is 7.92. The van der Waals surface area contributed by atoms with Crippen molar-refractivity contribution in [3.8, 4) is 0 Å². The minimum atomic E-state index is -3.87. The number of benzene rings is 2. The molecular weight excluding hydrogens is 352 g/mol. The highest BCUT2D eigenvalue weighted by Crippen LogP contribution is 2.27. The number of fused-ring (bicyclic) bond motifs is 1. The number of hydrogen-bond donors (Lipinski definition) is 1. The van der Waals surface area contributed by atoms with Crippen LogP contribution in [0.15, 0.2) is 50.5 Å². The average Bonchev–Trinajstić information content (AvgIpc) is 2.83. The number of sulfonamides is 1. The molecule has 6 nitrogen and oxygen atoms in total. The molecule has 0 aliphatic heterocycles. The Bertz CT molecular complexity index is 1080. The van der Waals surface area contributed by atoms with E-state index in [0.717, 1.165) is 0 Å². The second kappa shape index (κ2) is 5.99. The number of aryl methyl sites for hydroxylation is 2. The summed E-state index contributed by atoms with van der Waals surface area (Å²) >= 11 is 6.01.